The monoisotopic (exact) mass is 291 g/mol. The SMILES string of the molecule is Nc1nc(CC(=O)NCc2cccc(C(=O)O)c2)cs1. The van der Waals surface area contributed by atoms with E-state index in [4.69, 9.17) is 10.8 Å². The van der Waals surface area contributed by atoms with Crippen molar-refractivity contribution in [2.75, 3.05) is 5.73 Å². The summed E-state index contributed by atoms with van der Waals surface area (Å²) in [6, 6.07) is 6.44. The molecule has 0 fully saturated rings. The van der Waals surface area contributed by atoms with Gasteiger partial charge in [0.2, 0.25) is 5.91 Å². The Balaban J connectivity index is 1.90. The quantitative estimate of drug-likeness (QED) is 0.769. The van der Waals surface area contributed by atoms with Gasteiger partial charge in [-0.05, 0) is 17.7 Å². The second kappa shape index (κ2) is 6.16. The highest BCUT2D eigenvalue weighted by molar-refractivity contribution is 7.13. The summed E-state index contributed by atoms with van der Waals surface area (Å²) in [4.78, 5) is 26.5. The first-order valence-corrected chi connectivity index (χ1v) is 6.71. The molecule has 4 N–H and O–H groups in total. The number of nitrogens with zero attached hydrogens (tertiary/aromatic N) is 1. The molecule has 1 amide bonds. The van der Waals surface area contributed by atoms with Crippen molar-refractivity contribution >= 4 is 28.3 Å². The number of carbonyl (C=O) groups excluding carboxylic acids is 1. The number of hydrogen-bond acceptors (Lipinski definition) is 5. The second-order valence-corrected chi connectivity index (χ2v) is 5.03. The number of amides is 1. The summed E-state index contributed by atoms with van der Waals surface area (Å²) in [6.07, 6.45) is 0.159. The Morgan fingerprint density at radius 3 is 2.85 bits per heavy atom. The maximum Gasteiger partial charge on any atom is 0.335 e. The Morgan fingerprint density at radius 1 is 1.40 bits per heavy atom. The molecule has 104 valence electrons. The average molecular weight is 291 g/mol. The van der Waals surface area contributed by atoms with Crippen LogP contribution in [-0.4, -0.2) is 22.0 Å². The number of thiazole rings is 1. The minimum absolute atomic E-state index is 0.159. The molecule has 6 nitrogen and oxygen atoms in total. The predicted octanol–water partition coefficient (Wildman–Crippen LogP) is 1.28. The molecule has 0 atom stereocenters. The standard InChI is InChI=1S/C13H13N3O3S/c14-13-16-10(7-20-13)5-11(17)15-6-8-2-1-3-9(4-8)12(18)19/h1-4,7H,5-6H2,(H2,14,16)(H,15,17)(H,18,19). The topological polar surface area (TPSA) is 105 Å². The number of anilines is 1. The predicted molar refractivity (Wildman–Crippen MR) is 75.5 cm³/mol. The van der Waals surface area contributed by atoms with E-state index in [1.807, 2.05) is 0 Å². The van der Waals surface area contributed by atoms with Gasteiger partial charge in [0.05, 0.1) is 17.7 Å². The molecule has 0 unspecified atom stereocenters. The normalized spacial score (nSPS) is 10.2. The van der Waals surface area contributed by atoms with Crippen molar-refractivity contribution in [3.8, 4) is 0 Å². The largest absolute Gasteiger partial charge is 0.478 e. The van der Waals surface area contributed by atoms with E-state index in [1.54, 1.807) is 17.5 Å². The molecule has 0 bridgehead atoms. The van der Waals surface area contributed by atoms with Gasteiger partial charge in [-0.15, -0.1) is 11.3 Å². The van der Waals surface area contributed by atoms with Crippen LogP contribution in [0, 0.1) is 0 Å². The van der Waals surface area contributed by atoms with Crippen LogP contribution in [0.5, 0.6) is 0 Å². The summed E-state index contributed by atoms with van der Waals surface area (Å²) < 4.78 is 0. The fraction of sp³-hybridized carbons (Fsp3) is 0.154. The zero-order valence-corrected chi connectivity index (χ0v) is 11.3. The van der Waals surface area contributed by atoms with Crippen molar-refractivity contribution in [1.29, 1.82) is 0 Å². The lowest BCUT2D eigenvalue weighted by Gasteiger charge is -2.05. The molecule has 0 aliphatic heterocycles. The van der Waals surface area contributed by atoms with Gasteiger partial charge in [0.25, 0.3) is 0 Å². The van der Waals surface area contributed by atoms with Crippen LogP contribution in [-0.2, 0) is 17.8 Å². The third-order valence-electron chi connectivity index (χ3n) is 2.57. The average Bonchev–Trinajstić information content (AvgIpc) is 2.82. The highest BCUT2D eigenvalue weighted by Gasteiger charge is 2.07. The zero-order chi connectivity index (χ0) is 14.5. The van der Waals surface area contributed by atoms with Gasteiger partial charge in [-0.2, -0.15) is 0 Å². The Labute approximate surface area is 119 Å². The third-order valence-corrected chi connectivity index (χ3v) is 3.30. The fourth-order valence-electron chi connectivity index (χ4n) is 1.65. The van der Waals surface area contributed by atoms with Gasteiger partial charge in [-0.3, -0.25) is 4.79 Å². The summed E-state index contributed by atoms with van der Waals surface area (Å²) >= 11 is 1.29. The number of nitrogens with two attached hydrogens (primary N) is 1. The maximum atomic E-state index is 11.7. The lowest BCUT2D eigenvalue weighted by Crippen LogP contribution is -2.24. The van der Waals surface area contributed by atoms with E-state index in [1.165, 1.54) is 23.5 Å². The molecule has 1 heterocycles. The molecule has 0 aliphatic rings. The first kappa shape index (κ1) is 14.0. The molecule has 0 aliphatic carbocycles. The molecule has 1 aromatic heterocycles. The van der Waals surface area contributed by atoms with E-state index in [0.717, 1.165) is 5.56 Å². The molecule has 0 saturated carbocycles. The highest BCUT2D eigenvalue weighted by atomic mass is 32.1. The number of carboxylic acid groups (broad SMARTS) is 1. The van der Waals surface area contributed by atoms with Crippen LogP contribution < -0.4 is 11.1 Å². The van der Waals surface area contributed by atoms with Crippen molar-refractivity contribution in [1.82, 2.24) is 10.3 Å². The van der Waals surface area contributed by atoms with Crippen molar-refractivity contribution in [3.63, 3.8) is 0 Å². The Morgan fingerprint density at radius 2 is 2.20 bits per heavy atom. The van der Waals surface area contributed by atoms with Crippen LogP contribution in [0.3, 0.4) is 0 Å². The van der Waals surface area contributed by atoms with Crippen LogP contribution in [0.4, 0.5) is 5.13 Å². The molecular formula is C13H13N3O3S. The van der Waals surface area contributed by atoms with Gasteiger partial charge in [0.1, 0.15) is 0 Å². The molecular weight excluding hydrogens is 278 g/mol. The van der Waals surface area contributed by atoms with Crippen LogP contribution >= 0.6 is 11.3 Å². The van der Waals surface area contributed by atoms with Gasteiger partial charge < -0.3 is 16.2 Å². The zero-order valence-electron chi connectivity index (χ0n) is 10.5. The number of aromatic nitrogens is 1. The minimum atomic E-state index is -0.990. The number of rotatable bonds is 5. The van der Waals surface area contributed by atoms with Gasteiger partial charge in [0, 0.05) is 11.9 Å². The lowest BCUT2D eigenvalue weighted by molar-refractivity contribution is -0.120. The number of benzene rings is 1. The van der Waals surface area contributed by atoms with Crippen LogP contribution in [0.25, 0.3) is 0 Å². The van der Waals surface area contributed by atoms with Gasteiger partial charge in [-0.25, -0.2) is 9.78 Å². The van der Waals surface area contributed by atoms with Gasteiger partial charge in [0.15, 0.2) is 5.13 Å². The maximum absolute atomic E-state index is 11.7. The molecule has 2 rings (SSSR count). The van der Waals surface area contributed by atoms with Crippen LogP contribution in [0.15, 0.2) is 29.6 Å². The molecule has 0 spiro atoms. The molecule has 2 aromatic rings. The number of nitrogen functional groups attached to an aromatic ring is 1. The number of nitrogens with one attached hydrogen (secondary N) is 1. The van der Waals surface area contributed by atoms with Gasteiger partial charge in [-0.1, -0.05) is 12.1 Å². The fourth-order valence-corrected chi connectivity index (χ4v) is 2.21. The first-order chi connectivity index (χ1) is 9.54. The smallest absolute Gasteiger partial charge is 0.335 e. The van der Waals surface area contributed by atoms with Crippen molar-refractivity contribution in [2.24, 2.45) is 0 Å². The summed E-state index contributed by atoms with van der Waals surface area (Å²) in [5.41, 5.74) is 7.04. The van der Waals surface area contributed by atoms with Crippen LogP contribution in [0.1, 0.15) is 21.6 Å². The van der Waals surface area contributed by atoms with E-state index >= 15 is 0 Å². The summed E-state index contributed by atoms with van der Waals surface area (Å²) in [5.74, 6) is -1.17. The molecule has 7 heteroatoms. The minimum Gasteiger partial charge on any atom is -0.478 e. The van der Waals surface area contributed by atoms with Crippen LogP contribution in [0.2, 0.25) is 0 Å². The molecule has 20 heavy (non-hydrogen) atoms. The van der Waals surface area contributed by atoms with E-state index in [-0.39, 0.29) is 24.4 Å². The van der Waals surface area contributed by atoms with E-state index in [0.29, 0.717) is 10.8 Å². The second-order valence-electron chi connectivity index (χ2n) is 4.14. The van der Waals surface area contributed by atoms with E-state index < -0.39 is 5.97 Å². The highest BCUT2D eigenvalue weighted by Crippen LogP contribution is 2.11. The van der Waals surface area contributed by atoms with E-state index in [2.05, 4.69) is 10.3 Å². The van der Waals surface area contributed by atoms with Crippen molar-refractivity contribution in [3.05, 3.63) is 46.5 Å². The summed E-state index contributed by atoms with van der Waals surface area (Å²) in [6.45, 7) is 0.277. The molecule has 0 saturated heterocycles. The van der Waals surface area contributed by atoms with Crippen molar-refractivity contribution < 1.29 is 14.7 Å². The Kier molecular flexibility index (Phi) is 4.31. The molecule has 1 aromatic carbocycles. The first-order valence-electron chi connectivity index (χ1n) is 5.83. The van der Waals surface area contributed by atoms with Gasteiger partial charge >= 0.3 is 5.97 Å². The summed E-state index contributed by atoms with van der Waals surface area (Å²) in [7, 11) is 0. The Bertz CT molecular complexity index is 639. The lowest BCUT2D eigenvalue weighted by atomic mass is 10.1. The third kappa shape index (κ3) is 3.79. The number of aromatic carboxylic acids is 1. The number of hydrogen-bond donors (Lipinski definition) is 3. The molecule has 0 radical (unpaired) electrons. The number of carboxylic acids is 1. The summed E-state index contributed by atoms with van der Waals surface area (Å²) in [5, 5.41) is 13.8. The number of carbonyl (C=O) groups is 2. The van der Waals surface area contributed by atoms with Crippen molar-refractivity contribution in [2.45, 2.75) is 13.0 Å². The Hall–Kier alpha value is -2.41. The van der Waals surface area contributed by atoms with E-state index in [9.17, 15) is 9.59 Å².